The average Bonchev–Trinajstić information content (AvgIpc) is 3.40. The number of hydrogen-bond acceptors (Lipinski definition) is 7. The van der Waals surface area contributed by atoms with Gasteiger partial charge in [-0.15, -0.1) is 11.3 Å². The number of rotatable bonds is 6. The van der Waals surface area contributed by atoms with Crippen LogP contribution in [0.4, 0.5) is 11.5 Å². The molecular weight excluding hydrogens is 412 g/mol. The first-order chi connectivity index (χ1) is 15.1. The molecule has 4 aromatic rings. The molecule has 1 aliphatic carbocycles. The molecule has 5 rings (SSSR count). The van der Waals surface area contributed by atoms with Crippen molar-refractivity contribution < 1.29 is 9.90 Å². The van der Waals surface area contributed by atoms with E-state index >= 15 is 0 Å². The summed E-state index contributed by atoms with van der Waals surface area (Å²) < 4.78 is 0. The van der Waals surface area contributed by atoms with E-state index < -0.39 is 0 Å². The molecule has 9 heteroatoms. The summed E-state index contributed by atoms with van der Waals surface area (Å²) >= 11 is 1.66. The minimum atomic E-state index is -0.0166. The minimum absolute atomic E-state index is 0.0166. The van der Waals surface area contributed by atoms with E-state index in [4.69, 9.17) is 5.11 Å². The SMILES string of the molecule is CN(CCCO)C(=O)[C@H]1CCc2c(sc3ncnc(Nc4ccc5[nH]ncc5c4)c23)C1. The normalized spacial score (nSPS) is 15.9. The fourth-order valence-corrected chi connectivity index (χ4v) is 5.57. The number of amides is 1. The number of carbonyl (C=O) groups is 1. The lowest BCUT2D eigenvalue weighted by molar-refractivity contribution is -0.134. The summed E-state index contributed by atoms with van der Waals surface area (Å²) in [6.45, 7) is 0.691. The van der Waals surface area contributed by atoms with Crippen LogP contribution in [0.5, 0.6) is 0 Å². The third-order valence-electron chi connectivity index (χ3n) is 5.93. The Bertz CT molecular complexity index is 1250. The van der Waals surface area contributed by atoms with Crippen molar-refractivity contribution in [2.75, 3.05) is 25.5 Å². The van der Waals surface area contributed by atoms with Gasteiger partial charge in [0, 0.05) is 42.1 Å². The van der Waals surface area contributed by atoms with E-state index in [1.165, 1.54) is 10.4 Å². The largest absolute Gasteiger partial charge is 0.396 e. The zero-order valence-electron chi connectivity index (χ0n) is 17.3. The number of carbonyl (C=O) groups excluding carboxylic acids is 1. The smallest absolute Gasteiger partial charge is 0.225 e. The number of nitrogens with one attached hydrogen (secondary N) is 2. The number of H-pyrrole nitrogens is 1. The number of aliphatic hydroxyl groups is 1. The van der Waals surface area contributed by atoms with Crippen molar-refractivity contribution in [3.63, 3.8) is 0 Å². The summed E-state index contributed by atoms with van der Waals surface area (Å²) in [4.78, 5) is 25.8. The molecule has 0 spiro atoms. The van der Waals surface area contributed by atoms with Crippen LogP contribution in [0, 0.1) is 5.92 Å². The maximum absolute atomic E-state index is 12.8. The summed E-state index contributed by atoms with van der Waals surface area (Å²) in [7, 11) is 1.82. The molecular formula is C22H24N6O2S. The lowest BCUT2D eigenvalue weighted by Gasteiger charge is -2.26. The van der Waals surface area contributed by atoms with Gasteiger partial charge in [0.05, 0.1) is 17.1 Å². The molecule has 3 N–H and O–H groups in total. The van der Waals surface area contributed by atoms with Crippen LogP contribution in [-0.2, 0) is 17.6 Å². The van der Waals surface area contributed by atoms with E-state index in [-0.39, 0.29) is 18.4 Å². The van der Waals surface area contributed by atoms with Gasteiger partial charge in [0.15, 0.2) is 0 Å². The first kappa shape index (κ1) is 19.9. The van der Waals surface area contributed by atoms with Crippen LogP contribution in [0.3, 0.4) is 0 Å². The number of fused-ring (bicyclic) bond motifs is 4. The Balaban J connectivity index is 1.42. The van der Waals surface area contributed by atoms with Crippen molar-refractivity contribution in [1.82, 2.24) is 25.1 Å². The van der Waals surface area contributed by atoms with E-state index in [0.29, 0.717) is 13.0 Å². The summed E-state index contributed by atoms with van der Waals surface area (Å²) in [6, 6.07) is 6.04. The number of aromatic nitrogens is 4. The highest BCUT2D eigenvalue weighted by Crippen LogP contribution is 2.40. The number of nitrogens with zero attached hydrogens (tertiary/aromatic N) is 4. The Morgan fingerprint density at radius 2 is 2.29 bits per heavy atom. The fraction of sp³-hybridized carbons (Fsp3) is 0.364. The molecule has 0 aliphatic heterocycles. The predicted octanol–water partition coefficient (Wildman–Crippen LogP) is 3.26. The van der Waals surface area contributed by atoms with E-state index in [9.17, 15) is 4.79 Å². The van der Waals surface area contributed by atoms with Gasteiger partial charge in [-0.1, -0.05) is 0 Å². The van der Waals surface area contributed by atoms with Gasteiger partial charge in [-0.25, -0.2) is 9.97 Å². The molecule has 8 nitrogen and oxygen atoms in total. The quantitative estimate of drug-likeness (QED) is 0.428. The van der Waals surface area contributed by atoms with Gasteiger partial charge in [0.25, 0.3) is 0 Å². The molecule has 1 aromatic carbocycles. The van der Waals surface area contributed by atoms with Crippen molar-refractivity contribution >= 4 is 49.9 Å². The number of anilines is 2. The van der Waals surface area contributed by atoms with Gasteiger partial charge >= 0.3 is 0 Å². The number of aromatic amines is 1. The van der Waals surface area contributed by atoms with Crippen LogP contribution in [0.1, 0.15) is 23.3 Å². The highest BCUT2D eigenvalue weighted by Gasteiger charge is 2.30. The van der Waals surface area contributed by atoms with Gasteiger partial charge in [-0.3, -0.25) is 9.89 Å². The molecule has 0 saturated carbocycles. The van der Waals surface area contributed by atoms with E-state index in [1.807, 2.05) is 25.2 Å². The fourth-order valence-electron chi connectivity index (χ4n) is 4.30. The summed E-state index contributed by atoms with van der Waals surface area (Å²) in [5.41, 5.74) is 3.20. The lowest BCUT2D eigenvalue weighted by Crippen LogP contribution is -2.36. The second-order valence-electron chi connectivity index (χ2n) is 7.98. The van der Waals surface area contributed by atoms with Crippen molar-refractivity contribution in [2.24, 2.45) is 5.92 Å². The molecule has 0 radical (unpaired) electrons. The lowest BCUT2D eigenvalue weighted by atomic mass is 9.87. The van der Waals surface area contributed by atoms with Gasteiger partial charge < -0.3 is 15.3 Å². The highest BCUT2D eigenvalue weighted by molar-refractivity contribution is 7.19. The maximum Gasteiger partial charge on any atom is 0.225 e. The first-order valence-corrected chi connectivity index (χ1v) is 11.3. The van der Waals surface area contributed by atoms with Crippen LogP contribution >= 0.6 is 11.3 Å². The molecule has 1 aliphatic rings. The Morgan fingerprint density at radius 3 is 3.16 bits per heavy atom. The Morgan fingerprint density at radius 1 is 1.39 bits per heavy atom. The average molecular weight is 437 g/mol. The van der Waals surface area contributed by atoms with E-state index in [1.54, 1.807) is 28.8 Å². The molecule has 0 bridgehead atoms. The zero-order chi connectivity index (χ0) is 21.4. The molecule has 0 unspecified atom stereocenters. The first-order valence-electron chi connectivity index (χ1n) is 10.5. The van der Waals surface area contributed by atoms with Crippen molar-refractivity contribution in [2.45, 2.75) is 25.7 Å². The number of aryl methyl sites for hydroxylation is 1. The Labute approximate surface area is 183 Å². The number of hydrogen-bond donors (Lipinski definition) is 3. The van der Waals surface area contributed by atoms with E-state index in [2.05, 4.69) is 25.5 Å². The summed E-state index contributed by atoms with van der Waals surface area (Å²) in [6.07, 6.45) is 6.39. The van der Waals surface area contributed by atoms with Crippen LogP contribution in [0.25, 0.3) is 21.1 Å². The van der Waals surface area contributed by atoms with Gasteiger partial charge in [0.1, 0.15) is 17.0 Å². The highest BCUT2D eigenvalue weighted by atomic mass is 32.1. The van der Waals surface area contributed by atoms with Crippen LogP contribution < -0.4 is 5.32 Å². The van der Waals surface area contributed by atoms with Gasteiger partial charge in [0.2, 0.25) is 5.91 Å². The maximum atomic E-state index is 12.8. The molecule has 3 aromatic heterocycles. The van der Waals surface area contributed by atoms with Crippen LogP contribution in [0.15, 0.2) is 30.7 Å². The van der Waals surface area contributed by atoms with Gasteiger partial charge in [-0.2, -0.15) is 5.10 Å². The van der Waals surface area contributed by atoms with Crippen LogP contribution in [0.2, 0.25) is 0 Å². The molecule has 31 heavy (non-hydrogen) atoms. The third-order valence-corrected chi connectivity index (χ3v) is 7.09. The predicted molar refractivity (Wildman–Crippen MR) is 122 cm³/mol. The Kier molecular flexibility index (Phi) is 5.29. The molecule has 0 fully saturated rings. The number of benzene rings is 1. The molecule has 1 atom stereocenters. The summed E-state index contributed by atoms with van der Waals surface area (Å²) in [5.74, 6) is 0.946. The molecule has 1 amide bonds. The van der Waals surface area contributed by atoms with E-state index in [0.717, 1.165) is 51.9 Å². The number of thiophene rings is 1. The second-order valence-corrected chi connectivity index (χ2v) is 9.06. The Hall–Kier alpha value is -3.04. The molecule has 0 saturated heterocycles. The summed E-state index contributed by atoms with van der Waals surface area (Å²) in [5, 5.41) is 21.6. The third kappa shape index (κ3) is 3.75. The monoisotopic (exact) mass is 436 g/mol. The zero-order valence-corrected chi connectivity index (χ0v) is 18.1. The number of aliphatic hydroxyl groups excluding tert-OH is 1. The van der Waals surface area contributed by atoms with Crippen LogP contribution in [-0.4, -0.2) is 56.3 Å². The standard InChI is InChI=1S/C22H24N6O2S/c1-28(7-2-8-29)22(30)13-3-5-16-18(10-13)31-21-19(16)20(23-12-24-21)26-15-4-6-17-14(9-15)11-25-27-17/h4,6,9,11-13,29H,2-3,5,7-8,10H2,1H3,(H,25,27)(H,23,24,26)/t13-/m0/s1. The van der Waals surface area contributed by atoms with Crippen molar-refractivity contribution in [3.05, 3.63) is 41.2 Å². The topological polar surface area (TPSA) is 107 Å². The second kappa shape index (κ2) is 8.24. The minimum Gasteiger partial charge on any atom is -0.396 e. The molecule has 160 valence electrons. The van der Waals surface area contributed by atoms with Crippen molar-refractivity contribution in [1.29, 1.82) is 0 Å². The molecule has 3 heterocycles. The van der Waals surface area contributed by atoms with Gasteiger partial charge in [-0.05, 0) is 49.4 Å². The van der Waals surface area contributed by atoms with Crippen molar-refractivity contribution in [3.8, 4) is 0 Å².